The topological polar surface area (TPSA) is 156 Å². The summed E-state index contributed by atoms with van der Waals surface area (Å²) in [7, 11) is 2.96. The predicted octanol–water partition coefficient (Wildman–Crippen LogP) is 3.74. The summed E-state index contributed by atoms with van der Waals surface area (Å²) in [5.74, 6) is -2.92. The van der Waals surface area contributed by atoms with Crippen LogP contribution in [-0.2, 0) is 4.79 Å². The van der Waals surface area contributed by atoms with Crippen molar-refractivity contribution in [3.05, 3.63) is 63.8 Å². The number of hydrogen-bond acceptors (Lipinski definition) is 10. The first kappa shape index (κ1) is 22.9. The van der Waals surface area contributed by atoms with E-state index in [9.17, 15) is 30.0 Å². The minimum absolute atomic E-state index is 0.00984. The molecule has 1 aliphatic heterocycles. The van der Waals surface area contributed by atoms with E-state index in [0.29, 0.717) is 22.6 Å². The first-order chi connectivity index (χ1) is 17.2. The Morgan fingerprint density at radius 1 is 0.861 bits per heavy atom. The lowest BCUT2D eigenvalue weighted by atomic mass is 9.85. The van der Waals surface area contributed by atoms with Crippen LogP contribution in [0.1, 0.15) is 23.5 Å². The Labute approximate surface area is 203 Å². The normalized spacial score (nSPS) is 14.8. The maximum absolute atomic E-state index is 13.1. The summed E-state index contributed by atoms with van der Waals surface area (Å²) in [6, 6.07) is 9.82. The van der Waals surface area contributed by atoms with Gasteiger partial charge in [0.2, 0.25) is 11.2 Å². The Kier molecular flexibility index (Phi) is 5.36. The maximum Gasteiger partial charge on any atom is 0.312 e. The fraction of sp³-hybridized carbons (Fsp3) is 0.154. The van der Waals surface area contributed by atoms with Crippen molar-refractivity contribution in [2.45, 2.75) is 12.3 Å². The van der Waals surface area contributed by atoms with Crippen molar-refractivity contribution in [2.24, 2.45) is 0 Å². The van der Waals surface area contributed by atoms with E-state index < -0.39 is 40.3 Å². The zero-order valence-corrected chi connectivity index (χ0v) is 19.1. The van der Waals surface area contributed by atoms with E-state index in [-0.39, 0.29) is 34.5 Å². The molecule has 0 spiro atoms. The van der Waals surface area contributed by atoms with Gasteiger partial charge in [-0.2, -0.15) is 0 Å². The van der Waals surface area contributed by atoms with Crippen molar-refractivity contribution >= 4 is 16.9 Å². The van der Waals surface area contributed by atoms with Gasteiger partial charge in [-0.3, -0.25) is 9.59 Å². The number of carbonyl (C=O) groups is 1. The van der Waals surface area contributed by atoms with Gasteiger partial charge in [0.25, 0.3) is 0 Å². The third-order valence-corrected chi connectivity index (χ3v) is 6.11. The molecule has 184 valence electrons. The predicted molar refractivity (Wildman–Crippen MR) is 126 cm³/mol. The van der Waals surface area contributed by atoms with Crippen LogP contribution in [0, 0.1) is 0 Å². The monoisotopic (exact) mass is 492 g/mol. The SMILES string of the molecule is COc1ccc([C@@H]2CC(=O)Oc3cc(O)c4c(=O)c(O)c(-c5ccc(O)c(O)c5)oc4c32)cc1OC. The van der Waals surface area contributed by atoms with Crippen LogP contribution < -0.4 is 19.6 Å². The highest BCUT2D eigenvalue weighted by Gasteiger charge is 2.35. The van der Waals surface area contributed by atoms with Gasteiger partial charge in [-0.1, -0.05) is 6.07 Å². The first-order valence-corrected chi connectivity index (χ1v) is 10.7. The van der Waals surface area contributed by atoms with Gasteiger partial charge in [0.05, 0.1) is 20.6 Å². The van der Waals surface area contributed by atoms with Crippen LogP contribution in [0.25, 0.3) is 22.3 Å². The number of ether oxygens (including phenoxy) is 3. The van der Waals surface area contributed by atoms with E-state index in [0.717, 1.165) is 12.1 Å². The second-order valence-electron chi connectivity index (χ2n) is 8.17. The zero-order valence-electron chi connectivity index (χ0n) is 19.1. The Morgan fingerprint density at radius 3 is 2.31 bits per heavy atom. The molecule has 0 fully saturated rings. The summed E-state index contributed by atoms with van der Waals surface area (Å²) >= 11 is 0. The largest absolute Gasteiger partial charge is 0.507 e. The first-order valence-electron chi connectivity index (χ1n) is 10.7. The summed E-state index contributed by atoms with van der Waals surface area (Å²) in [5.41, 5.74) is -0.0212. The Balaban J connectivity index is 1.83. The molecule has 10 nitrogen and oxygen atoms in total. The fourth-order valence-corrected chi connectivity index (χ4v) is 4.40. The second kappa shape index (κ2) is 8.42. The lowest BCUT2D eigenvalue weighted by molar-refractivity contribution is -0.135. The molecule has 0 saturated heterocycles. The number of carbonyl (C=O) groups excluding carboxylic acids is 1. The molecule has 5 rings (SSSR count). The molecule has 1 aromatic heterocycles. The van der Waals surface area contributed by atoms with Gasteiger partial charge < -0.3 is 39.1 Å². The summed E-state index contributed by atoms with van der Waals surface area (Å²) in [6.07, 6.45) is -0.109. The van der Waals surface area contributed by atoms with Gasteiger partial charge in [0.1, 0.15) is 22.5 Å². The van der Waals surface area contributed by atoms with Crippen molar-refractivity contribution in [1.29, 1.82) is 0 Å². The summed E-state index contributed by atoms with van der Waals surface area (Å²) in [4.78, 5) is 25.6. The molecule has 2 heterocycles. The van der Waals surface area contributed by atoms with Gasteiger partial charge >= 0.3 is 5.97 Å². The van der Waals surface area contributed by atoms with Crippen molar-refractivity contribution in [2.75, 3.05) is 14.2 Å². The second-order valence-corrected chi connectivity index (χ2v) is 8.17. The fourth-order valence-electron chi connectivity index (χ4n) is 4.40. The number of rotatable bonds is 4. The maximum atomic E-state index is 13.1. The molecule has 4 N–H and O–H groups in total. The van der Waals surface area contributed by atoms with Gasteiger partial charge in [-0.25, -0.2) is 0 Å². The summed E-state index contributed by atoms with van der Waals surface area (Å²) in [6.45, 7) is 0. The number of hydrogen-bond donors (Lipinski definition) is 4. The highest BCUT2D eigenvalue weighted by atomic mass is 16.5. The van der Waals surface area contributed by atoms with Crippen LogP contribution in [0.3, 0.4) is 0 Å². The van der Waals surface area contributed by atoms with Gasteiger partial charge in [-0.05, 0) is 35.9 Å². The quantitative estimate of drug-likeness (QED) is 0.188. The lowest BCUT2D eigenvalue weighted by Gasteiger charge is -2.26. The summed E-state index contributed by atoms with van der Waals surface area (Å²) < 4.78 is 22.0. The Morgan fingerprint density at radius 2 is 1.61 bits per heavy atom. The number of fused-ring (bicyclic) bond motifs is 3. The molecule has 0 bridgehead atoms. The molecule has 0 aliphatic carbocycles. The molecule has 4 aromatic rings. The minimum atomic E-state index is -0.929. The smallest absolute Gasteiger partial charge is 0.312 e. The molecule has 0 radical (unpaired) electrons. The third-order valence-electron chi connectivity index (χ3n) is 6.11. The van der Waals surface area contributed by atoms with Crippen LogP contribution in [0.4, 0.5) is 0 Å². The molecule has 3 aromatic carbocycles. The van der Waals surface area contributed by atoms with Crippen LogP contribution in [-0.4, -0.2) is 40.6 Å². The van der Waals surface area contributed by atoms with Gasteiger partial charge in [-0.15, -0.1) is 0 Å². The number of methoxy groups -OCH3 is 2. The molecule has 0 amide bonds. The van der Waals surface area contributed by atoms with Crippen molar-refractivity contribution < 1.29 is 43.8 Å². The average molecular weight is 492 g/mol. The molecule has 1 atom stereocenters. The minimum Gasteiger partial charge on any atom is -0.507 e. The summed E-state index contributed by atoms with van der Waals surface area (Å²) in [5, 5.41) is 40.5. The van der Waals surface area contributed by atoms with E-state index in [1.54, 1.807) is 18.2 Å². The van der Waals surface area contributed by atoms with E-state index >= 15 is 0 Å². The van der Waals surface area contributed by atoms with E-state index in [1.165, 1.54) is 26.4 Å². The number of phenolic OH excluding ortho intramolecular Hbond substituents is 3. The number of phenols is 3. The van der Waals surface area contributed by atoms with Gasteiger partial charge in [0, 0.05) is 23.1 Å². The highest BCUT2D eigenvalue weighted by molar-refractivity contribution is 5.94. The molecule has 0 unspecified atom stereocenters. The Hall–Kier alpha value is -4.86. The molecule has 1 aliphatic rings. The van der Waals surface area contributed by atoms with Crippen LogP contribution in [0.15, 0.2) is 51.7 Å². The van der Waals surface area contributed by atoms with Crippen molar-refractivity contribution in [3.63, 3.8) is 0 Å². The highest BCUT2D eigenvalue weighted by Crippen LogP contribution is 2.48. The van der Waals surface area contributed by atoms with Crippen molar-refractivity contribution in [1.82, 2.24) is 0 Å². The van der Waals surface area contributed by atoms with Crippen LogP contribution in [0.2, 0.25) is 0 Å². The molecule has 0 saturated carbocycles. The zero-order chi connectivity index (χ0) is 25.7. The Bertz CT molecular complexity index is 1600. The number of benzene rings is 3. The van der Waals surface area contributed by atoms with Gasteiger partial charge in [0.15, 0.2) is 28.8 Å². The van der Waals surface area contributed by atoms with Crippen molar-refractivity contribution in [3.8, 4) is 51.6 Å². The van der Waals surface area contributed by atoms with Crippen LogP contribution in [0.5, 0.6) is 40.2 Å². The van der Waals surface area contributed by atoms with E-state index in [2.05, 4.69) is 0 Å². The molecular formula is C26H20O10. The van der Waals surface area contributed by atoms with Crippen LogP contribution >= 0.6 is 0 Å². The number of esters is 1. The number of aromatic hydroxyl groups is 4. The lowest BCUT2D eigenvalue weighted by Crippen LogP contribution is -2.22. The molecular weight excluding hydrogens is 472 g/mol. The third kappa shape index (κ3) is 3.50. The van der Waals surface area contributed by atoms with E-state index in [4.69, 9.17) is 18.6 Å². The standard InChI is InChI=1S/C26H20O10/c1-33-17-6-4-11(8-18(17)34-2)13-9-20(30)35-19-10-16(29)22-23(31)24(32)25(36-26(22)21(13)19)12-3-5-14(27)15(28)7-12/h3-8,10,13,27-29,32H,9H2,1-2H3/t13-/m0/s1. The average Bonchev–Trinajstić information content (AvgIpc) is 2.86. The molecule has 36 heavy (non-hydrogen) atoms. The molecule has 10 heteroatoms. The van der Waals surface area contributed by atoms with E-state index in [1.807, 2.05) is 0 Å².